The lowest BCUT2D eigenvalue weighted by Gasteiger charge is -2.33. The smallest absolute Gasteiger partial charge is 0.314 e. The molecule has 1 aliphatic carbocycles. The largest absolute Gasteiger partial charge is 0.351 e. The minimum atomic E-state index is -0.403. The third kappa shape index (κ3) is 4.36. The molecule has 2 N–H and O–H groups in total. The van der Waals surface area contributed by atoms with Crippen LogP contribution in [0.2, 0.25) is 0 Å². The van der Waals surface area contributed by atoms with E-state index < -0.39 is 6.03 Å². The van der Waals surface area contributed by atoms with Crippen LogP contribution in [0, 0.1) is 5.41 Å². The maximum atomic E-state index is 12.5. The summed E-state index contributed by atoms with van der Waals surface area (Å²) in [5.74, 6) is 0.0259. The molecule has 0 aromatic rings. The zero-order valence-corrected chi connectivity index (χ0v) is 14.6. The molecule has 2 rings (SSSR count). The molecule has 1 heterocycles. The van der Waals surface area contributed by atoms with Crippen molar-refractivity contribution in [3.63, 3.8) is 0 Å². The summed E-state index contributed by atoms with van der Waals surface area (Å²) >= 11 is 0. The first-order valence-electron chi connectivity index (χ1n) is 8.53. The van der Waals surface area contributed by atoms with Crippen LogP contribution in [0.1, 0.15) is 46.5 Å². The Labute approximate surface area is 139 Å². The summed E-state index contributed by atoms with van der Waals surface area (Å²) in [5.41, 5.74) is 8.15. The molecule has 0 spiro atoms. The van der Waals surface area contributed by atoms with Gasteiger partial charge in [-0.05, 0) is 43.6 Å². The molecule has 0 unspecified atom stereocenters. The standard InChI is InChI=1S/C18H29N3O2/c1-14-6-4-9-18(2,3)15(14)7-8-16(22)20-10-5-11-21(13-12-20)17(19)23/h7-8H,4-6,9-13H2,1-3H3,(H2,19,23). The van der Waals surface area contributed by atoms with Crippen molar-refractivity contribution in [2.45, 2.75) is 46.5 Å². The number of rotatable bonds is 2. The molecule has 128 valence electrons. The fourth-order valence-electron chi connectivity index (χ4n) is 3.63. The molecule has 0 bridgehead atoms. The van der Waals surface area contributed by atoms with Gasteiger partial charge in [-0.25, -0.2) is 4.79 Å². The van der Waals surface area contributed by atoms with E-state index in [1.54, 1.807) is 11.0 Å². The lowest BCUT2D eigenvalue weighted by molar-refractivity contribution is -0.125. The van der Waals surface area contributed by atoms with Gasteiger partial charge in [0.05, 0.1) is 0 Å². The second-order valence-corrected chi connectivity index (χ2v) is 7.27. The van der Waals surface area contributed by atoms with Crippen molar-refractivity contribution in [3.05, 3.63) is 23.3 Å². The number of nitrogens with two attached hydrogens (primary N) is 1. The fourth-order valence-corrected chi connectivity index (χ4v) is 3.63. The third-order valence-electron chi connectivity index (χ3n) is 5.05. The molecular formula is C18H29N3O2. The van der Waals surface area contributed by atoms with E-state index in [2.05, 4.69) is 20.8 Å². The fraction of sp³-hybridized carbons (Fsp3) is 0.667. The molecule has 0 aromatic carbocycles. The van der Waals surface area contributed by atoms with E-state index in [1.807, 2.05) is 11.0 Å². The molecule has 1 saturated heterocycles. The molecule has 23 heavy (non-hydrogen) atoms. The van der Waals surface area contributed by atoms with Gasteiger partial charge in [0.15, 0.2) is 0 Å². The van der Waals surface area contributed by atoms with E-state index in [9.17, 15) is 9.59 Å². The predicted molar refractivity (Wildman–Crippen MR) is 91.8 cm³/mol. The van der Waals surface area contributed by atoms with Crippen molar-refractivity contribution in [1.82, 2.24) is 9.80 Å². The molecular weight excluding hydrogens is 290 g/mol. The predicted octanol–water partition coefficient (Wildman–Crippen LogP) is 2.68. The van der Waals surface area contributed by atoms with Crippen molar-refractivity contribution in [2.75, 3.05) is 26.2 Å². The normalized spacial score (nSPS) is 22.4. The minimum absolute atomic E-state index is 0.0259. The molecule has 5 heteroatoms. The molecule has 2 aliphatic rings. The van der Waals surface area contributed by atoms with Gasteiger partial charge in [-0.2, -0.15) is 0 Å². The maximum Gasteiger partial charge on any atom is 0.314 e. The van der Waals surface area contributed by atoms with Gasteiger partial charge in [-0.1, -0.05) is 25.5 Å². The topological polar surface area (TPSA) is 66.6 Å². The minimum Gasteiger partial charge on any atom is -0.351 e. The van der Waals surface area contributed by atoms with E-state index >= 15 is 0 Å². The van der Waals surface area contributed by atoms with Crippen LogP contribution in [0.4, 0.5) is 4.79 Å². The van der Waals surface area contributed by atoms with Crippen LogP contribution in [0.25, 0.3) is 0 Å². The van der Waals surface area contributed by atoms with Gasteiger partial charge in [0.25, 0.3) is 0 Å². The second kappa shape index (κ2) is 7.20. The first-order valence-corrected chi connectivity index (χ1v) is 8.53. The average molecular weight is 319 g/mol. The summed E-state index contributed by atoms with van der Waals surface area (Å²) < 4.78 is 0. The highest BCUT2D eigenvalue weighted by molar-refractivity contribution is 5.88. The summed E-state index contributed by atoms with van der Waals surface area (Å²) in [6.45, 7) is 9.03. The Balaban J connectivity index is 2.02. The summed E-state index contributed by atoms with van der Waals surface area (Å²) in [7, 11) is 0. The monoisotopic (exact) mass is 319 g/mol. The quantitative estimate of drug-likeness (QED) is 0.795. The number of nitrogens with zero attached hydrogens (tertiary/aromatic N) is 2. The first-order chi connectivity index (χ1) is 10.8. The Hall–Kier alpha value is -1.78. The molecule has 0 saturated carbocycles. The Morgan fingerprint density at radius 1 is 1.09 bits per heavy atom. The van der Waals surface area contributed by atoms with Gasteiger partial charge in [-0.15, -0.1) is 0 Å². The lowest BCUT2D eigenvalue weighted by Crippen LogP contribution is -2.39. The number of hydrogen-bond donors (Lipinski definition) is 1. The van der Waals surface area contributed by atoms with Gasteiger partial charge in [-0.3, -0.25) is 4.79 Å². The summed E-state index contributed by atoms with van der Waals surface area (Å²) in [5, 5.41) is 0. The highest BCUT2D eigenvalue weighted by atomic mass is 16.2. The number of amides is 3. The van der Waals surface area contributed by atoms with E-state index in [4.69, 9.17) is 5.73 Å². The first kappa shape index (κ1) is 17.6. The number of allylic oxidation sites excluding steroid dienone is 3. The van der Waals surface area contributed by atoms with E-state index in [-0.39, 0.29) is 11.3 Å². The van der Waals surface area contributed by atoms with E-state index in [0.29, 0.717) is 26.2 Å². The van der Waals surface area contributed by atoms with Crippen LogP contribution in [0.5, 0.6) is 0 Å². The van der Waals surface area contributed by atoms with Crippen molar-refractivity contribution in [3.8, 4) is 0 Å². The number of hydrogen-bond acceptors (Lipinski definition) is 2. The number of carbonyl (C=O) groups is 2. The van der Waals surface area contributed by atoms with Crippen molar-refractivity contribution >= 4 is 11.9 Å². The summed E-state index contributed by atoms with van der Waals surface area (Å²) in [6.07, 6.45) is 7.98. The van der Waals surface area contributed by atoms with Crippen LogP contribution in [-0.4, -0.2) is 47.9 Å². The molecule has 1 fully saturated rings. The Morgan fingerprint density at radius 3 is 2.39 bits per heavy atom. The van der Waals surface area contributed by atoms with Gasteiger partial charge in [0.2, 0.25) is 5.91 Å². The number of urea groups is 1. The zero-order chi connectivity index (χ0) is 17.0. The molecule has 3 amide bonds. The Bertz CT molecular complexity index is 534. The molecule has 1 aliphatic heterocycles. The number of carbonyl (C=O) groups excluding carboxylic acids is 2. The van der Waals surface area contributed by atoms with Crippen LogP contribution >= 0.6 is 0 Å². The summed E-state index contributed by atoms with van der Waals surface area (Å²) in [4.78, 5) is 27.1. The van der Waals surface area contributed by atoms with Crippen LogP contribution in [0.3, 0.4) is 0 Å². The Morgan fingerprint density at radius 2 is 1.74 bits per heavy atom. The van der Waals surface area contributed by atoms with E-state index in [0.717, 1.165) is 19.3 Å². The van der Waals surface area contributed by atoms with Crippen molar-refractivity contribution < 1.29 is 9.59 Å². The Kier molecular flexibility index (Phi) is 5.50. The molecule has 0 radical (unpaired) electrons. The molecule has 5 nitrogen and oxygen atoms in total. The lowest BCUT2D eigenvalue weighted by atomic mass is 9.72. The van der Waals surface area contributed by atoms with Crippen molar-refractivity contribution in [2.24, 2.45) is 11.1 Å². The van der Waals surface area contributed by atoms with Gasteiger partial charge in [0.1, 0.15) is 0 Å². The van der Waals surface area contributed by atoms with Crippen LogP contribution in [-0.2, 0) is 4.79 Å². The van der Waals surface area contributed by atoms with Gasteiger partial charge in [0, 0.05) is 32.3 Å². The van der Waals surface area contributed by atoms with Gasteiger partial charge < -0.3 is 15.5 Å². The summed E-state index contributed by atoms with van der Waals surface area (Å²) in [6, 6.07) is -0.403. The zero-order valence-electron chi connectivity index (χ0n) is 14.6. The average Bonchev–Trinajstić information content (AvgIpc) is 2.71. The number of primary amides is 1. The second-order valence-electron chi connectivity index (χ2n) is 7.27. The van der Waals surface area contributed by atoms with E-state index in [1.165, 1.54) is 17.6 Å². The SMILES string of the molecule is CC1=C(C=CC(=O)N2CCCN(C(N)=O)CC2)C(C)(C)CCC1. The highest BCUT2D eigenvalue weighted by Gasteiger charge is 2.27. The van der Waals surface area contributed by atoms with Gasteiger partial charge >= 0.3 is 6.03 Å². The maximum absolute atomic E-state index is 12.5. The van der Waals surface area contributed by atoms with Crippen LogP contribution in [0.15, 0.2) is 23.3 Å². The molecule has 0 atom stereocenters. The third-order valence-corrected chi connectivity index (χ3v) is 5.05. The van der Waals surface area contributed by atoms with Crippen LogP contribution < -0.4 is 5.73 Å². The highest BCUT2D eigenvalue weighted by Crippen LogP contribution is 2.40. The molecule has 0 aromatic heterocycles. The van der Waals surface area contributed by atoms with Crippen molar-refractivity contribution in [1.29, 1.82) is 0 Å².